The second-order valence-corrected chi connectivity index (χ2v) is 5.42. The molecule has 2 nitrogen and oxygen atoms in total. The summed E-state index contributed by atoms with van der Waals surface area (Å²) in [6, 6.07) is 0. The molecule has 0 aromatic heterocycles. The number of halogens is 3. The first-order chi connectivity index (χ1) is 4.76. The van der Waals surface area contributed by atoms with Crippen LogP contribution in [0.4, 0.5) is 0 Å². The lowest BCUT2D eigenvalue weighted by Crippen LogP contribution is -2.58. The summed E-state index contributed by atoms with van der Waals surface area (Å²) in [7, 11) is 0. The van der Waals surface area contributed by atoms with Gasteiger partial charge in [-0.3, -0.25) is 4.79 Å². The van der Waals surface area contributed by atoms with E-state index in [4.69, 9.17) is 34.8 Å². The molecular weight excluding hydrogens is 210 g/mol. The molecule has 0 amide bonds. The van der Waals surface area contributed by atoms with Gasteiger partial charge in [-0.25, -0.2) is 0 Å². The predicted molar refractivity (Wildman–Crippen MR) is 44.0 cm³/mol. The molecule has 1 aliphatic heterocycles. The number of esters is 1. The van der Waals surface area contributed by atoms with E-state index >= 15 is 0 Å². The minimum Gasteiger partial charge on any atom is -0.456 e. The first-order valence-corrected chi connectivity index (χ1v) is 4.17. The summed E-state index contributed by atoms with van der Waals surface area (Å²) in [5.74, 6) is -0.325. The first kappa shape index (κ1) is 9.43. The van der Waals surface area contributed by atoms with Crippen molar-refractivity contribution < 1.29 is 9.53 Å². The summed E-state index contributed by atoms with van der Waals surface area (Å²) in [4.78, 5) is 10.8. The maximum atomic E-state index is 10.8. The van der Waals surface area contributed by atoms with Crippen LogP contribution in [0, 0.1) is 5.41 Å². The Bertz CT molecular complexity index is 194. The lowest BCUT2D eigenvalue weighted by atomic mass is 9.82. The van der Waals surface area contributed by atoms with Crippen molar-refractivity contribution in [3.63, 3.8) is 0 Å². The van der Waals surface area contributed by atoms with Gasteiger partial charge in [0.1, 0.15) is 5.41 Å². The summed E-state index contributed by atoms with van der Waals surface area (Å²) < 4.78 is 3.17. The molecule has 0 aromatic rings. The summed E-state index contributed by atoms with van der Waals surface area (Å²) in [6.45, 7) is 3.37. The largest absolute Gasteiger partial charge is 0.456 e. The van der Waals surface area contributed by atoms with Gasteiger partial charge in [-0.1, -0.05) is 34.8 Å². The summed E-state index contributed by atoms with van der Waals surface area (Å²) in [6.07, 6.45) is -0.632. The lowest BCUT2D eigenvalue weighted by molar-refractivity contribution is -0.199. The zero-order chi connectivity index (χ0) is 8.86. The normalized spacial score (nSPS) is 29.2. The highest BCUT2D eigenvalue weighted by Gasteiger charge is 2.59. The fraction of sp³-hybridized carbons (Fsp3) is 0.833. The third-order valence-corrected chi connectivity index (χ3v) is 2.30. The van der Waals surface area contributed by atoms with Crippen LogP contribution in [0.25, 0.3) is 0 Å². The van der Waals surface area contributed by atoms with Crippen molar-refractivity contribution >= 4 is 40.8 Å². The second kappa shape index (κ2) is 2.41. The topological polar surface area (TPSA) is 26.3 Å². The average Bonchev–Trinajstić information content (AvgIpc) is 1.80. The van der Waals surface area contributed by atoms with E-state index in [1.54, 1.807) is 13.8 Å². The zero-order valence-corrected chi connectivity index (χ0v) is 8.30. The van der Waals surface area contributed by atoms with Crippen molar-refractivity contribution in [3.05, 3.63) is 0 Å². The molecule has 1 heterocycles. The van der Waals surface area contributed by atoms with Crippen LogP contribution in [0.1, 0.15) is 13.8 Å². The first-order valence-electron chi connectivity index (χ1n) is 3.04. The smallest absolute Gasteiger partial charge is 0.315 e. The van der Waals surface area contributed by atoms with Crippen molar-refractivity contribution in [2.75, 3.05) is 0 Å². The van der Waals surface area contributed by atoms with E-state index < -0.39 is 15.3 Å². The highest BCUT2D eigenvalue weighted by molar-refractivity contribution is 6.68. The Hall–Kier alpha value is 0.340. The fourth-order valence-corrected chi connectivity index (χ4v) is 1.88. The number of hydrogen-bond donors (Lipinski definition) is 0. The van der Waals surface area contributed by atoms with Crippen LogP contribution in [-0.2, 0) is 9.53 Å². The van der Waals surface area contributed by atoms with Gasteiger partial charge >= 0.3 is 5.97 Å². The Kier molecular flexibility index (Phi) is 2.07. The van der Waals surface area contributed by atoms with Gasteiger partial charge in [0.15, 0.2) is 6.10 Å². The van der Waals surface area contributed by atoms with Gasteiger partial charge in [0.2, 0.25) is 3.79 Å². The van der Waals surface area contributed by atoms with E-state index in [-0.39, 0.29) is 5.97 Å². The number of carbonyl (C=O) groups is 1. The van der Waals surface area contributed by atoms with Gasteiger partial charge in [-0.2, -0.15) is 0 Å². The Morgan fingerprint density at radius 2 is 1.91 bits per heavy atom. The van der Waals surface area contributed by atoms with Gasteiger partial charge in [0.05, 0.1) is 0 Å². The van der Waals surface area contributed by atoms with Gasteiger partial charge in [0.25, 0.3) is 0 Å². The van der Waals surface area contributed by atoms with Gasteiger partial charge in [-0.05, 0) is 13.8 Å². The van der Waals surface area contributed by atoms with E-state index in [9.17, 15) is 4.79 Å². The van der Waals surface area contributed by atoms with E-state index in [2.05, 4.69) is 4.74 Å². The number of hydrogen-bond acceptors (Lipinski definition) is 2. The molecule has 1 rings (SSSR count). The highest BCUT2D eigenvalue weighted by Crippen LogP contribution is 2.48. The van der Waals surface area contributed by atoms with Crippen LogP contribution in [0.15, 0.2) is 0 Å². The molecule has 1 saturated heterocycles. The monoisotopic (exact) mass is 216 g/mol. The van der Waals surface area contributed by atoms with E-state index in [1.807, 2.05) is 0 Å². The van der Waals surface area contributed by atoms with Gasteiger partial charge < -0.3 is 4.74 Å². The Balaban J connectivity index is 2.75. The van der Waals surface area contributed by atoms with Crippen molar-refractivity contribution in [1.29, 1.82) is 0 Å². The predicted octanol–water partition coefficient (Wildman–Crippen LogP) is 2.31. The lowest BCUT2D eigenvalue weighted by Gasteiger charge is -2.44. The molecular formula is C6H7Cl3O2. The average molecular weight is 217 g/mol. The molecule has 1 aliphatic rings. The Morgan fingerprint density at radius 3 is 2.00 bits per heavy atom. The minimum absolute atomic E-state index is 0.325. The van der Waals surface area contributed by atoms with Crippen LogP contribution in [0.3, 0.4) is 0 Å². The van der Waals surface area contributed by atoms with Crippen LogP contribution in [0.2, 0.25) is 0 Å². The van der Waals surface area contributed by atoms with E-state index in [0.29, 0.717) is 0 Å². The van der Waals surface area contributed by atoms with Gasteiger partial charge in [0, 0.05) is 0 Å². The summed E-state index contributed by atoms with van der Waals surface area (Å²) in [5, 5.41) is 0. The number of alkyl halides is 3. The summed E-state index contributed by atoms with van der Waals surface area (Å²) in [5.41, 5.74) is -0.675. The molecule has 0 aromatic carbocycles. The molecule has 1 fully saturated rings. The number of ether oxygens (including phenoxy) is 1. The molecule has 0 N–H and O–H groups in total. The van der Waals surface area contributed by atoms with E-state index in [1.165, 1.54) is 0 Å². The third-order valence-electron chi connectivity index (χ3n) is 1.70. The van der Waals surface area contributed by atoms with Crippen molar-refractivity contribution in [3.8, 4) is 0 Å². The highest BCUT2D eigenvalue weighted by atomic mass is 35.6. The molecule has 0 aliphatic carbocycles. The maximum absolute atomic E-state index is 10.8. The molecule has 0 saturated carbocycles. The SMILES string of the molecule is CC1(C)C(=O)OC1C(Cl)(Cl)Cl. The molecule has 1 unspecified atom stereocenters. The molecule has 1 atom stereocenters. The Labute approximate surface area is 79.7 Å². The fourth-order valence-electron chi connectivity index (χ4n) is 0.931. The van der Waals surface area contributed by atoms with Crippen LogP contribution < -0.4 is 0 Å². The third kappa shape index (κ3) is 1.44. The standard InChI is InChI=1S/C6H7Cl3O2/c1-5(2)3(6(7,8)9)11-4(5)10/h3H,1-2H3. The molecule has 5 heteroatoms. The minimum atomic E-state index is -1.52. The van der Waals surface area contributed by atoms with Gasteiger partial charge in [-0.15, -0.1) is 0 Å². The van der Waals surface area contributed by atoms with Crippen LogP contribution >= 0.6 is 34.8 Å². The van der Waals surface area contributed by atoms with Crippen LogP contribution in [0.5, 0.6) is 0 Å². The number of rotatable bonds is 0. The molecule has 0 radical (unpaired) electrons. The summed E-state index contributed by atoms with van der Waals surface area (Å²) >= 11 is 16.6. The zero-order valence-electron chi connectivity index (χ0n) is 6.03. The molecule has 0 bridgehead atoms. The Morgan fingerprint density at radius 1 is 1.45 bits per heavy atom. The number of carbonyl (C=O) groups excluding carboxylic acids is 1. The molecule has 64 valence electrons. The maximum Gasteiger partial charge on any atom is 0.315 e. The van der Waals surface area contributed by atoms with Crippen molar-refractivity contribution in [2.45, 2.75) is 23.7 Å². The molecule has 11 heavy (non-hydrogen) atoms. The van der Waals surface area contributed by atoms with Crippen molar-refractivity contribution in [2.24, 2.45) is 5.41 Å². The quantitative estimate of drug-likeness (QED) is 0.460. The number of cyclic esters (lactones) is 1. The second-order valence-electron chi connectivity index (χ2n) is 3.05. The van der Waals surface area contributed by atoms with Crippen molar-refractivity contribution in [1.82, 2.24) is 0 Å². The van der Waals surface area contributed by atoms with E-state index in [0.717, 1.165) is 0 Å². The van der Waals surface area contributed by atoms with Crippen LogP contribution in [-0.4, -0.2) is 15.9 Å². The molecule has 0 spiro atoms.